The number of amides is 2. The molecular formula is C26H26N2O5. The van der Waals surface area contributed by atoms with E-state index in [2.05, 4.69) is 17.2 Å². The molecular weight excluding hydrogens is 420 g/mol. The number of rotatable bonds is 9. The monoisotopic (exact) mass is 446 g/mol. The lowest BCUT2D eigenvalue weighted by atomic mass is 10.0. The minimum Gasteiger partial charge on any atom is -0.460 e. The predicted octanol–water partition coefficient (Wildman–Crippen LogP) is 4.16. The summed E-state index contributed by atoms with van der Waals surface area (Å²) < 4.78 is 10.2. The SMILES string of the molecule is C=C(C)C(=O)OCCNC(=O)OCC(NC(=O)c1cccc2ccccc12)c1ccccc1. The van der Waals surface area contributed by atoms with Gasteiger partial charge < -0.3 is 20.1 Å². The van der Waals surface area contributed by atoms with Gasteiger partial charge in [0.25, 0.3) is 5.91 Å². The van der Waals surface area contributed by atoms with Gasteiger partial charge in [0.15, 0.2) is 0 Å². The molecule has 0 spiro atoms. The van der Waals surface area contributed by atoms with Crippen molar-refractivity contribution < 1.29 is 23.9 Å². The summed E-state index contributed by atoms with van der Waals surface area (Å²) in [7, 11) is 0. The van der Waals surface area contributed by atoms with Crippen LogP contribution in [0.25, 0.3) is 10.8 Å². The van der Waals surface area contributed by atoms with E-state index in [0.717, 1.165) is 16.3 Å². The minimum atomic E-state index is -0.679. The largest absolute Gasteiger partial charge is 0.460 e. The first-order valence-corrected chi connectivity index (χ1v) is 10.5. The summed E-state index contributed by atoms with van der Waals surface area (Å²) in [6, 6.07) is 21.9. The molecule has 0 radical (unpaired) electrons. The molecule has 3 aromatic carbocycles. The molecule has 33 heavy (non-hydrogen) atoms. The maximum atomic E-state index is 13.1. The van der Waals surface area contributed by atoms with Gasteiger partial charge in [0.2, 0.25) is 0 Å². The molecule has 7 heteroatoms. The lowest BCUT2D eigenvalue weighted by Gasteiger charge is -2.20. The van der Waals surface area contributed by atoms with E-state index in [-0.39, 0.29) is 31.2 Å². The van der Waals surface area contributed by atoms with Gasteiger partial charge in [0.05, 0.1) is 12.6 Å². The number of carbonyl (C=O) groups excluding carboxylic acids is 3. The van der Waals surface area contributed by atoms with E-state index >= 15 is 0 Å². The fourth-order valence-corrected chi connectivity index (χ4v) is 3.20. The topological polar surface area (TPSA) is 93.7 Å². The van der Waals surface area contributed by atoms with E-state index in [1.165, 1.54) is 0 Å². The molecule has 7 nitrogen and oxygen atoms in total. The molecule has 3 rings (SSSR count). The summed E-state index contributed by atoms with van der Waals surface area (Å²) in [5.41, 5.74) is 1.62. The molecule has 0 fully saturated rings. The number of hydrogen-bond donors (Lipinski definition) is 2. The molecule has 0 aliphatic rings. The van der Waals surface area contributed by atoms with Crippen molar-refractivity contribution >= 4 is 28.7 Å². The summed E-state index contributed by atoms with van der Waals surface area (Å²) in [4.78, 5) is 36.5. The number of fused-ring (bicyclic) bond motifs is 1. The smallest absolute Gasteiger partial charge is 0.407 e. The molecule has 170 valence electrons. The van der Waals surface area contributed by atoms with Crippen LogP contribution in [0, 0.1) is 0 Å². The highest BCUT2D eigenvalue weighted by Crippen LogP contribution is 2.20. The van der Waals surface area contributed by atoms with Crippen LogP contribution in [0.2, 0.25) is 0 Å². The Bertz CT molecular complexity index is 1140. The maximum absolute atomic E-state index is 13.1. The highest BCUT2D eigenvalue weighted by Gasteiger charge is 2.19. The fraction of sp³-hybridized carbons (Fsp3) is 0.192. The van der Waals surface area contributed by atoms with E-state index in [9.17, 15) is 14.4 Å². The van der Waals surface area contributed by atoms with Crippen LogP contribution in [0.4, 0.5) is 4.79 Å². The van der Waals surface area contributed by atoms with Gasteiger partial charge in [-0.05, 0) is 29.3 Å². The second kappa shape index (κ2) is 11.5. The van der Waals surface area contributed by atoms with Gasteiger partial charge in [-0.15, -0.1) is 0 Å². The number of esters is 1. The van der Waals surface area contributed by atoms with E-state index < -0.39 is 18.1 Å². The van der Waals surface area contributed by atoms with Crippen molar-refractivity contribution in [1.29, 1.82) is 0 Å². The summed E-state index contributed by atoms with van der Waals surface area (Å²) in [5.74, 6) is -0.790. The van der Waals surface area contributed by atoms with Crippen molar-refractivity contribution in [3.8, 4) is 0 Å². The molecule has 0 saturated carbocycles. The molecule has 0 aliphatic carbocycles. The van der Waals surface area contributed by atoms with Crippen LogP contribution in [-0.2, 0) is 14.3 Å². The molecule has 1 atom stereocenters. The van der Waals surface area contributed by atoms with E-state index in [1.807, 2.05) is 66.7 Å². The number of nitrogens with one attached hydrogen (secondary N) is 2. The van der Waals surface area contributed by atoms with Crippen molar-refractivity contribution in [2.45, 2.75) is 13.0 Å². The maximum Gasteiger partial charge on any atom is 0.407 e. The molecule has 2 N–H and O–H groups in total. The number of ether oxygens (including phenoxy) is 2. The molecule has 0 heterocycles. The average molecular weight is 447 g/mol. The Morgan fingerprint density at radius 1 is 0.909 bits per heavy atom. The van der Waals surface area contributed by atoms with Gasteiger partial charge in [-0.2, -0.15) is 0 Å². The zero-order valence-electron chi connectivity index (χ0n) is 18.4. The summed E-state index contributed by atoms with van der Waals surface area (Å²) in [6.45, 7) is 5.05. The van der Waals surface area contributed by atoms with Crippen molar-refractivity contribution in [3.05, 3.63) is 96.1 Å². The summed E-state index contributed by atoms with van der Waals surface area (Å²) in [6.07, 6.45) is -0.679. The Morgan fingerprint density at radius 2 is 1.61 bits per heavy atom. The van der Waals surface area contributed by atoms with Crippen LogP contribution in [0.15, 0.2) is 84.9 Å². The van der Waals surface area contributed by atoms with Crippen LogP contribution in [0.3, 0.4) is 0 Å². The molecule has 0 aromatic heterocycles. The quantitative estimate of drug-likeness (QED) is 0.293. The Balaban J connectivity index is 1.62. The Hall–Kier alpha value is -4.13. The highest BCUT2D eigenvalue weighted by molar-refractivity contribution is 6.07. The van der Waals surface area contributed by atoms with Gasteiger partial charge >= 0.3 is 12.1 Å². The minimum absolute atomic E-state index is 0.000719. The first-order chi connectivity index (χ1) is 16.0. The molecule has 0 aliphatic heterocycles. The average Bonchev–Trinajstić information content (AvgIpc) is 2.84. The van der Waals surface area contributed by atoms with Gasteiger partial charge in [0, 0.05) is 11.1 Å². The summed E-state index contributed by atoms with van der Waals surface area (Å²) >= 11 is 0. The zero-order chi connectivity index (χ0) is 23.6. The number of hydrogen-bond acceptors (Lipinski definition) is 5. The van der Waals surface area contributed by atoms with Crippen molar-refractivity contribution in [2.24, 2.45) is 0 Å². The number of alkyl carbamates (subject to hydrolysis) is 1. The van der Waals surface area contributed by atoms with Crippen LogP contribution in [-0.4, -0.2) is 37.7 Å². The lowest BCUT2D eigenvalue weighted by molar-refractivity contribution is -0.138. The first-order valence-electron chi connectivity index (χ1n) is 10.5. The standard InChI is InChI=1S/C26H26N2O5/c1-18(2)25(30)32-16-15-27-26(31)33-17-23(20-10-4-3-5-11-20)28-24(29)22-14-8-12-19-9-6-7-13-21(19)22/h3-14,23H,1,15-17H2,2H3,(H,27,31)(H,28,29). The Morgan fingerprint density at radius 3 is 2.36 bits per heavy atom. The van der Waals surface area contributed by atoms with E-state index in [4.69, 9.17) is 9.47 Å². The fourth-order valence-electron chi connectivity index (χ4n) is 3.20. The lowest BCUT2D eigenvalue weighted by Crippen LogP contribution is -2.35. The van der Waals surface area contributed by atoms with Crippen LogP contribution in [0.1, 0.15) is 28.9 Å². The molecule has 0 bridgehead atoms. The Kier molecular flexibility index (Phi) is 8.18. The second-order valence-electron chi connectivity index (χ2n) is 7.40. The molecule has 3 aromatic rings. The van der Waals surface area contributed by atoms with Crippen molar-refractivity contribution in [3.63, 3.8) is 0 Å². The summed E-state index contributed by atoms with van der Waals surface area (Å²) in [5, 5.41) is 7.28. The zero-order valence-corrected chi connectivity index (χ0v) is 18.4. The molecule has 2 amide bonds. The molecule has 0 saturated heterocycles. The number of carbonyl (C=O) groups is 3. The third-order valence-corrected chi connectivity index (χ3v) is 4.88. The Labute approximate surface area is 192 Å². The van der Waals surface area contributed by atoms with Crippen molar-refractivity contribution in [2.75, 3.05) is 19.8 Å². The first kappa shape index (κ1) is 23.5. The van der Waals surface area contributed by atoms with Crippen LogP contribution in [0.5, 0.6) is 0 Å². The normalized spacial score (nSPS) is 11.3. The third kappa shape index (κ3) is 6.67. The van der Waals surface area contributed by atoms with Crippen LogP contribution >= 0.6 is 0 Å². The van der Waals surface area contributed by atoms with Gasteiger partial charge in [-0.25, -0.2) is 9.59 Å². The van der Waals surface area contributed by atoms with E-state index in [0.29, 0.717) is 5.56 Å². The third-order valence-electron chi connectivity index (χ3n) is 4.88. The van der Waals surface area contributed by atoms with Crippen molar-refractivity contribution in [1.82, 2.24) is 10.6 Å². The van der Waals surface area contributed by atoms with E-state index in [1.54, 1.807) is 13.0 Å². The number of benzene rings is 3. The van der Waals surface area contributed by atoms with Gasteiger partial charge in [0.1, 0.15) is 13.2 Å². The second-order valence-corrected chi connectivity index (χ2v) is 7.40. The predicted molar refractivity (Wildman–Crippen MR) is 126 cm³/mol. The highest BCUT2D eigenvalue weighted by atomic mass is 16.6. The molecule has 1 unspecified atom stereocenters. The van der Waals surface area contributed by atoms with Gasteiger partial charge in [-0.3, -0.25) is 4.79 Å². The van der Waals surface area contributed by atoms with Crippen LogP contribution < -0.4 is 10.6 Å². The van der Waals surface area contributed by atoms with Gasteiger partial charge in [-0.1, -0.05) is 73.3 Å².